The maximum absolute atomic E-state index is 12.9. The first kappa shape index (κ1) is 27.7. The zero-order valence-corrected chi connectivity index (χ0v) is 22.0. The Labute approximate surface area is 206 Å². The SMILES string of the molecule is CC(C)=CCC/C(C)=C/CC/C(C)=C/CCC(C)(O)CCC1=C(C)C(=O)c2ccccc2C1=O. The quantitative estimate of drug-likeness (QED) is 0.319. The maximum atomic E-state index is 12.9. The Morgan fingerprint density at radius 3 is 1.94 bits per heavy atom. The van der Waals surface area contributed by atoms with Crippen molar-refractivity contribution in [3.63, 3.8) is 0 Å². The van der Waals surface area contributed by atoms with Gasteiger partial charge in [0.05, 0.1) is 5.60 Å². The number of aliphatic hydroxyl groups is 1. The molecule has 1 unspecified atom stereocenters. The van der Waals surface area contributed by atoms with E-state index in [9.17, 15) is 14.7 Å². The number of Topliss-reactive ketones (excluding diaryl/α,β-unsaturated/α-hetero) is 2. The molecule has 1 aromatic carbocycles. The maximum Gasteiger partial charge on any atom is 0.190 e. The predicted octanol–water partition coefficient (Wildman–Crippen LogP) is 8.11. The van der Waals surface area contributed by atoms with Gasteiger partial charge in [0, 0.05) is 22.3 Å². The van der Waals surface area contributed by atoms with Gasteiger partial charge in [0.25, 0.3) is 0 Å². The highest BCUT2D eigenvalue weighted by Gasteiger charge is 2.30. The molecule has 1 aliphatic rings. The van der Waals surface area contributed by atoms with E-state index in [2.05, 4.69) is 45.9 Å². The summed E-state index contributed by atoms with van der Waals surface area (Å²) in [6, 6.07) is 7.00. The molecule has 0 aliphatic heterocycles. The molecule has 34 heavy (non-hydrogen) atoms. The van der Waals surface area contributed by atoms with Gasteiger partial charge in [-0.3, -0.25) is 9.59 Å². The fraction of sp³-hybridized carbons (Fsp3) is 0.484. The average molecular weight is 463 g/mol. The third-order valence-corrected chi connectivity index (χ3v) is 6.70. The normalized spacial score (nSPS) is 16.4. The van der Waals surface area contributed by atoms with E-state index in [1.165, 1.54) is 16.7 Å². The van der Waals surface area contributed by atoms with Crippen LogP contribution in [-0.2, 0) is 0 Å². The summed E-state index contributed by atoms with van der Waals surface area (Å²) in [6.07, 6.45) is 13.5. The van der Waals surface area contributed by atoms with Crippen LogP contribution < -0.4 is 0 Å². The molecule has 184 valence electrons. The number of hydrogen-bond acceptors (Lipinski definition) is 3. The van der Waals surface area contributed by atoms with E-state index in [0.29, 0.717) is 41.5 Å². The first-order valence-electron chi connectivity index (χ1n) is 12.6. The molecule has 1 N–H and O–H groups in total. The number of benzene rings is 1. The Morgan fingerprint density at radius 2 is 1.35 bits per heavy atom. The minimum absolute atomic E-state index is 0.0790. The van der Waals surface area contributed by atoms with E-state index in [1.54, 1.807) is 31.2 Å². The topological polar surface area (TPSA) is 54.4 Å². The van der Waals surface area contributed by atoms with Gasteiger partial charge < -0.3 is 5.11 Å². The van der Waals surface area contributed by atoms with Crippen molar-refractivity contribution in [3.8, 4) is 0 Å². The van der Waals surface area contributed by atoms with E-state index >= 15 is 0 Å². The number of carbonyl (C=O) groups is 2. The van der Waals surface area contributed by atoms with E-state index in [0.717, 1.165) is 32.1 Å². The lowest BCUT2D eigenvalue weighted by atomic mass is 9.81. The smallest absolute Gasteiger partial charge is 0.190 e. The highest BCUT2D eigenvalue weighted by molar-refractivity contribution is 6.26. The summed E-state index contributed by atoms with van der Waals surface area (Å²) < 4.78 is 0. The van der Waals surface area contributed by atoms with Gasteiger partial charge in [-0.25, -0.2) is 0 Å². The van der Waals surface area contributed by atoms with Gasteiger partial charge in [-0.2, -0.15) is 0 Å². The van der Waals surface area contributed by atoms with E-state index in [1.807, 2.05) is 6.92 Å². The highest BCUT2D eigenvalue weighted by Crippen LogP contribution is 2.31. The molecule has 0 amide bonds. The molecule has 1 aliphatic carbocycles. The molecule has 0 spiro atoms. The lowest BCUT2D eigenvalue weighted by Crippen LogP contribution is -2.26. The molecule has 0 bridgehead atoms. The molecule has 0 radical (unpaired) electrons. The molecule has 0 aromatic heterocycles. The van der Waals surface area contributed by atoms with E-state index < -0.39 is 5.60 Å². The zero-order chi connectivity index (χ0) is 25.3. The lowest BCUT2D eigenvalue weighted by Gasteiger charge is -2.25. The number of carbonyl (C=O) groups excluding carboxylic acids is 2. The predicted molar refractivity (Wildman–Crippen MR) is 142 cm³/mol. The van der Waals surface area contributed by atoms with Gasteiger partial charge in [0.15, 0.2) is 11.6 Å². The van der Waals surface area contributed by atoms with Crippen molar-refractivity contribution in [2.24, 2.45) is 0 Å². The number of hydrogen-bond donors (Lipinski definition) is 1. The van der Waals surface area contributed by atoms with Crippen molar-refractivity contribution in [1.29, 1.82) is 0 Å². The molecule has 0 heterocycles. The first-order valence-corrected chi connectivity index (χ1v) is 12.6. The Bertz CT molecular complexity index is 1010. The van der Waals surface area contributed by atoms with Crippen LogP contribution in [0.4, 0.5) is 0 Å². The summed E-state index contributed by atoms with van der Waals surface area (Å²) in [5, 5.41) is 10.9. The minimum atomic E-state index is -0.883. The third kappa shape index (κ3) is 8.36. The van der Waals surface area contributed by atoms with E-state index in [4.69, 9.17) is 0 Å². The standard InChI is InChI=1S/C31H42O3/c1-22(2)12-9-13-23(3)14-10-15-24(4)16-11-20-31(6,34)21-19-26-25(5)29(32)27-17-7-8-18-28(27)30(26)33/h7-8,12,14,16-18,34H,9-11,13,15,19-21H2,1-6H3/b23-14+,24-16+. The van der Waals surface area contributed by atoms with Crippen LogP contribution in [0.2, 0.25) is 0 Å². The van der Waals surface area contributed by atoms with Crippen LogP contribution in [0.25, 0.3) is 0 Å². The summed E-state index contributed by atoms with van der Waals surface area (Å²) in [6.45, 7) is 12.2. The van der Waals surface area contributed by atoms with Gasteiger partial charge >= 0.3 is 0 Å². The fourth-order valence-electron chi connectivity index (χ4n) is 4.34. The molecule has 0 fully saturated rings. The van der Waals surface area contributed by atoms with Gasteiger partial charge in [-0.1, -0.05) is 59.2 Å². The van der Waals surface area contributed by atoms with Crippen LogP contribution in [0, 0.1) is 0 Å². The van der Waals surface area contributed by atoms with E-state index in [-0.39, 0.29) is 11.6 Å². The van der Waals surface area contributed by atoms with Crippen molar-refractivity contribution in [3.05, 3.63) is 81.5 Å². The van der Waals surface area contributed by atoms with Gasteiger partial charge in [0.2, 0.25) is 0 Å². The summed E-state index contributed by atoms with van der Waals surface area (Å²) in [7, 11) is 0. The second-order valence-corrected chi connectivity index (χ2v) is 10.3. The third-order valence-electron chi connectivity index (χ3n) is 6.70. The molecular formula is C31H42O3. The Morgan fingerprint density at radius 1 is 0.824 bits per heavy atom. The van der Waals surface area contributed by atoms with Crippen LogP contribution >= 0.6 is 0 Å². The van der Waals surface area contributed by atoms with Crippen LogP contribution in [0.3, 0.4) is 0 Å². The summed E-state index contributed by atoms with van der Waals surface area (Å²) >= 11 is 0. The zero-order valence-electron chi connectivity index (χ0n) is 22.0. The van der Waals surface area contributed by atoms with Crippen molar-refractivity contribution in [2.75, 3.05) is 0 Å². The monoisotopic (exact) mass is 462 g/mol. The van der Waals surface area contributed by atoms with Crippen LogP contribution in [0.15, 0.2) is 70.4 Å². The van der Waals surface area contributed by atoms with Crippen molar-refractivity contribution >= 4 is 11.6 Å². The number of ketones is 2. The number of allylic oxidation sites excluding steroid dienone is 8. The lowest BCUT2D eigenvalue weighted by molar-refractivity contribution is 0.0429. The average Bonchev–Trinajstić information content (AvgIpc) is 2.77. The van der Waals surface area contributed by atoms with Crippen molar-refractivity contribution in [1.82, 2.24) is 0 Å². The van der Waals surface area contributed by atoms with Crippen LogP contribution in [-0.4, -0.2) is 22.3 Å². The molecule has 1 atom stereocenters. The molecule has 0 saturated heterocycles. The fourth-order valence-corrected chi connectivity index (χ4v) is 4.34. The molecular weight excluding hydrogens is 420 g/mol. The largest absolute Gasteiger partial charge is 0.390 e. The van der Waals surface area contributed by atoms with Crippen molar-refractivity contribution < 1.29 is 14.7 Å². The Balaban J connectivity index is 1.83. The molecule has 0 saturated carbocycles. The Kier molecular flexibility index (Phi) is 10.4. The molecule has 3 heteroatoms. The summed E-state index contributed by atoms with van der Waals surface area (Å²) in [5.74, 6) is -0.159. The second kappa shape index (κ2) is 12.8. The number of rotatable bonds is 12. The minimum Gasteiger partial charge on any atom is -0.390 e. The molecule has 3 nitrogen and oxygen atoms in total. The van der Waals surface area contributed by atoms with Gasteiger partial charge in [-0.15, -0.1) is 0 Å². The molecule has 1 aromatic rings. The first-order chi connectivity index (χ1) is 16.0. The number of fused-ring (bicyclic) bond motifs is 1. The molecule has 2 rings (SSSR count). The second-order valence-electron chi connectivity index (χ2n) is 10.3. The summed E-state index contributed by atoms with van der Waals surface area (Å²) in [5.41, 5.74) is 5.29. The Hall–Kier alpha value is -2.52. The van der Waals surface area contributed by atoms with Gasteiger partial charge in [-0.05, 0) is 92.9 Å². The van der Waals surface area contributed by atoms with Crippen LogP contribution in [0.1, 0.15) is 114 Å². The summed E-state index contributed by atoms with van der Waals surface area (Å²) in [4.78, 5) is 25.6. The van der Waals surface area contributed by atoms with Crippen molar-refractivity contribution in [2.45, 2.75) is 98.5 Å². The van der Waals surface area contributed by atoms with Gasteiger partial charge in [0.1, 0.15) is 0 Å². The highest BCUT2D eigenvalue weighted by atomic mass is 16.3. The van der Waals surface area contributed by atoms with Crippen LogP contribution in [0.5, 0.6) is 0 Å².